The Morgan fingerprint density at radius 1 is 0.759 bits per heavy atom. The molecule has 0 aromatic heterocycles. The summed E-state index contributed by atoms with van der Waals surface area (Å²) >= 11 is 0. The second-order valence-electron chi connectivity index (χ2n) is 10.1. The van der Waals surface area contributed by atoms with Gasteiger partial charge in [-0.2, -0.15) is 0 Å². The van der Waals surface area contributed by atoms with Gasteiger partial charge in [-0.1, -0.05) is 0 Å². The summed E-state index contributed by atoms with van der Waals surface area (Å²) in [4.78, 5) is 3.62. The zero-order chi connectivity index (χ0) is 20.0. The van der Waals surface area contributed by atoms with Crippen molar-refractivity contribution in [2.24, 2.45) is 23.7 Å². The molecule has 5 heteroatoms. The number of piperazine rings is 1. The standard InChI is InChI=1S/C24H36N2O3/c1-27-21-13-18(14-22(28-2)24(21)29-3)15-25-4-6-26(7-5-25)23-19-9-16-8-17(11-19)12-20(23)10-16/h13-14,16-17,19-20,23H,4-12,15H2,1-3H3/p+2. The molecule has 4 aliphatic carbocycles. The zero-order valence-electron chi connectivity index (χ0n) is 18.3. The molecule has 0 amide bonds. The fourth-order valence-electron chi connectivity index (χ4n) is 7.55. The smallest absolute Gasteiger partial charge is 0.203 e. The topological polar surface area (TPSA) is 36.6 Å². The minimum Gasteiger partial charge on any atom is -0.493 e. The van der Waals surface area contributed by atoms with Gasteiger partial charge in [0, 0.05) is 17.4 Å². The SMILES string of the molecule is COc1cc(C[NH+]2CC[NH+](C3C4CC5CC(C4)CC3C5)CC2)cc(OC)c1OC. The van der Waals surface area contributed by atoms with E-state index in [0.717, 1.165) is 47.8 Å². The second-order valence-corrected chi connectivity index (χ2v) is 10.1. The Bertz CT molecular complexity index is 676. The molecule has 1 heterocycles. The molecule has 1 aromatic rings. The highest BCUT2D eigenvalue weighted by molar-refractivity contribution is 5.53. The van der Waals surface area contributed by atoms with E-state index in [0.29, 0.717) is 5.75 Å². The Balaban J connectivity index is 1.22. The van der Waals surface area contributed by atoms with Crippen LogP contribution in [0.4, 0.5) is 0 Å². The third kappa shape index (κ3) is 3.61. The lowest BCUT2D eigenvalue weighted by Gasteiger charge is -2.55. The Hall–Kier alpha value is -1.46. The van der Waals surface area contributed by atoms with Gasteiger partial charge in [-0.05, 0) is 56.1 Å². The van der Waals surface area contributed by atoms with Gasteiger partial charge in [-0.3, -0.25) is 0 Å². The first-order chi connectivity index (χ1) is 14.2. The van der Waals surface area contributed by atoms with Gasteiger partial charge in [0.25, 0.3) is 0 Å². The summed E-state index contributed by atoms with van der Waals surface area (Å²) in [6.45, 7) is 6.26. The van der Waals surface area contributed by atoms with Crippen molar-refractivity contribution in [1.29, 1.82) is 0 Å². The molecule has 1 saturated heterocycles. The molecule has 1 aromatic carbocycles. The number of hydrogen-bond donors (Lipinski definition) is 2. The lowest BCUT2D eigenvalue weighted by Crippen LogP contribution is -3.30. The van der Waals surface area contributed by atoms with E-state index in [4.69, 9.17) is 14.2 Å². The van der Waals surface area contributed by atoms with E-state index in [1.807, 2.05) is 4.90 Å². The summed E-state index contributed by atoms with van der Waals surface area (Å²) in [6, 6.07) is 5.21. The van der Waals surface area contributed by atoms with E-state index in [1.54, 1.807) is 58.3 Å². The molecule has 0 unspecified atom stereocenters. The maximum absolute atomic E-state index is 5.54. The van der Waals surface area contributed by atoms with E-state index >= 15 is 0 Å². The minimum absolute atomic E-state index is 0.685. The van der Waals surface area contributed by atoms with Crippen LogP contribution in [-0.4, -0.2) is 53.6 Å². The largest absolute Gasteiger partial charge is 0.493 e. The molecule has 1 aliphatic heterocycles. The summed E-state index contributed by atoms with van der Waals surface area (Å²) in [5, 5.41) is 0. The fraction of sp³-hybridized carbons (Fsp3) is 0.750. The highest BCUT2D eigenvalue weighted by Crippen LogP contribution is 2.53. The molecule has 0 atom stereocenters. The van der Waals surface area contributed by atoms with E-state index in [2.05, 4.69) is 12.1 Å². The van der Waals surface area contributed by atoms with Crippen molar-refractivity contribution in [2.45, 2.75) is 44.7 Å². The highest BCUT2D eigenvalue weighted by Gasteiger charge is 2.52. The van der Waals surface area contributed by atoms with Crippen LogP contribution in [0, 0.1) is 23.7 Å². The van der Waals surface area contributed by atoms with Gasteiger partial charge >= 0.3 is 0 Å². The van der Waals surface area contributed by atoms with Crippen LogP contribution in [0.25, 0.3) is 0 Å². The number of ether oxygens (including phenoxy) is 3. The molecule has 5 aliphatic rings. The maximum Gasteiger partial charge on any atom is 0.203 e. The van der Waals surface area contributed by atoms with Crippen molar-refractivity contribution in [3.8, 4) is 17.2 Å². The van der Waals surface area contributed by atoms with E-state index in [-0.39, 0.29) is 0 Å². The molecule has 160 valence electrons. The van der Waals surface area contributed by atoms with Crippen LogP contribution < -0.4 is 24.0 Å². The highest BCUT2D eigenvalue weighted by atomic mass is 16.5. The number of nitrogens with one attached hydrogen (secondary N) is 2. The minimum atomic E-state index is 0.685. The van der Waals surface area contributed by atoms with Crippen LogP contribution in [0.5, 0.6) is 17.2 Å². The Kier molecular flexibility index (Phi) is 5.37. The third-order valence-electron chi connectivity index (χ3n) is 8.48. The lowest BCUT2D eigenvalue weighted by molar-refractivity contribution is -1.03. The van der Waals surface area contributed by atoms with Crippen LogP contribution in [0.15, 0.2) is 12.1 Å². The lowest BCUT2D eigenvalue weighted by atomic mass is 9.54. The number of methoxy groups -OCH3 is 3. The van der Waals surface area contributed by atoms with Crippen molar-refractivity contribution in [1.82, 2.24) is 0 Å². The van der Waals surface area contributed by atoms with E-state index < -0.39 is 0 Å². The van der Waals surface area contributed by atoms with Crippen LogP contribution in [-0.2, 0) is 6.54 Å². The Morgan fingerprint density at radius 3 is 1.79 bits per heavy atom. The summed E-state index contributed by atoms with van der Waals surface area (Å²) in [5.74, 6) is 6.46. The molecule has 4 saturated carbocycles. The number of rotatable bonds is 6. The summed E-state index contributed by atoms with van der Waals surface area (Å²) < 4.78 is 16.6. The van der Waals surface area contributed by atoms with Gasteiger partial charge < -0.3 is 24.0 Å². The number of hydrogen-bond acceptors (Lipinski definition) is 3. The quantitative estimate of drug-likeness (QED) is 0.740. The average molecular weight is 403 g/mol. The monoisotopic (exact) mass is 402 g/mol. The van der Waals surface area contributed by atoms with Crippen molar-refractivity contribution < 1.29 is 24.0 Å². The van der Waals surface area contributed by atoms with Gasteiger partial charge in [-0.15, -0.1) is 0 Å². The van der Waals surface area contributed by atoms with Gasteiger partial charge in [0.1, 0.15) is 32.7 Å². The number of benzene rings is 1. The van der Waals surface area contributed by atoms with E-state index in [1.165, 1.54) is 31.7 Å². The number of quaternary nitrogens is 2. The maximum atomic E-state index is 5.54. The molecule has 29 heavy (non-hydrogen) atoms. The van der Waals surface area contributed by atoms with Crippen molar-refractivity contribution >= 4 is 0 Å². The summed E-state index contributed by atoms with van der Waals surface area (Å²) in [5.41, 5.74) is 1.27. The van der Waals surface area contributed by atoms with Gasteiger partial charge in [0.15, 0.2) is 11.5 Å². The van der Waals surface area contributed by atoms with Crippen molar-refractivity contribution in [3.63, 3.8) is 0 Å². The predicted molar refractivity (Wildman–Crippen MR) is 112 cm³/mol. The fourth-order valence-corrected chi connectivity index (χ4v) is 7.55. The van der Waals surface area contributed by atoms with Crippen molar-refractivity contribution in [2.75, 3.05) is 47.5 Å². The van der Waals surface area contributed by atoms with Crippen LogP contribution >= 0.6 is 0 Å². The molecule has 5 nitrogen and oxygen atoms in total. The first kappa shape index (κ1) is 19.5. The summed E-state index contributed by atoms with van der Waals surface area (Å²) in [7, 11) is 5.06. The molecule has 4 bridgehead atoms. The van der Waals surface area contributed by atoms with Crippen molar-refractivity contribution in [3.05, 3.63) is 17.7 Å². The molecule has 0 radical (unpaired) electrons. The Labute approximate surface area is 175 Å². The van der Waals surface area contributed by atoms with Crippen LogP contribution in [0.3, 0.4) is 0 Å². The first-order valence-corrected chi connectivity index (χ1v) is 11.7. The van der Waals surface area contributed by atoms with E-state index in [9.17, 15) is 0 Å². The molecular weight excluding hydrogens is 364 g/mol. The molecular formula is C24H38N2O3+2. The average Bonchev–Trinajstić information content (AvgIpc) is 2.73. The van der Waals surface area contributed by atoms with Crippen LogP contribution in [0.2, 0.25) is 0 Å². The first-order valence-electron chi connectivity index (χ1n) is 11.7. The summed E-state index contributed by atoms with van der Waals surface area (Å²) in [6.07, 6.45) is 7.74. The molecule has 2 N–H and O–H groups in total. The van der Waals surface area contributed by atoms with Crippen LogP contribution in [0.1, 0.15) is 37.7 Å². The predicted octanol–water partition coefficient (Wildman–Crippen LogP) is 0.821. The van der Waals surface area contributed by atoms with Gasteiger partial charge in [0.2, 0.25) is 5.75 Å². The third-order valence-corrected chi connectivity index (χ3v) is 8.48. The molecule has 0 spiro atoms. The van der Waals surface area contributed by atoms with Gasteiger partial charge in [-0.25, -0.2) is 0 Å². The van der Waals surface area contributed by atoms with Gasteiger partial charge in [0.05, 0.1) is 27.4 Å². The second kappa shape index (κ2) is 7.99. The molecule has 6 rings (SSSR count). The zero-order valence-corrected chi connectivity index (χ0v) is 18.3. The molecule has 5 fully saturated rings. The Morgan fingerprint density at radius 2 is 1.31 bits per heavy atom. The normalized spacial score (nSPS) is 38.1.